The van der Waals surface area contributed by atoms with E-state index in [0.717, 1.165) is 44.7 Å². The second-order valence-corrected chi connectivity index (χ2v) is 4.28. The minimum absolute atomic E-state index is 0.261. The monoisotopic (exact) mass is 212 g/mol. The summed E-state index contributed by atoms with van der Waals surface area (Å²) in [5.41, 5.74) is 0. The van der Waals surface area contributed by atoms with Crippen LogP contribution in [0, 0.1) is 5.92 Å². The number of hydrogen-bond acceptors (Lipinski definition) is 3. The maximum atomic E-state index is 5.68. The van der Waals surface area contributed by atoms with Gasteiger partial charge in [-0.1, -0.05) is 6.58 Å². The average Bonchev–Trinajstić information content (AvgIpc) is 2.68. The van der Waals surface area contributed by atoms with E-state index in [-0.39, 0.29) is 5.79 Å². The second kappa shape index (κ2) is 4.54. The molecule has 1 saturated heterocycles. The van der Waals surface area contributed by atoms with E-state index in [2.05, 4.69) is 6.58 Å². The molecule has 2 rings (SSSR count). The first-order valence-electron chi connectivity index (χ1n) is 5.85. The Bertz CT molecular complexity index is 221. The molecule has 0 amide bonds. The lowest BCUT2D eigenvalue weighted by Gasteiger charge is -2.35. The zero-order chi connectivity index (χ0) is 10.7. The van der Waals surface area contributed by atoms with Crippen molar-refractivity contribution in [2.75, 3.05) is 19.8 Å². The Morgan fingerprint density at radius 1 is 1.33 bits per heavy atom. The van der Waals surface area contributed by atoms with E-state index in [9.17, 15) is 0 Å². The third-order valence-electron chi connectivity index (χ3n) is 3.35. The van der Waals surface area contributed by atoms with Crippen molar-refractivity contribution in [3.63, 3.8) is 0 Å². The van der Waals surface area contributed by atoms with Crippen LogP contribution in [0.3, 0.4) is 0 Å². The summed E-state index contributed by atoms with van der Waals surface area (Å²) in [4.78, 5) is 0. The van der Waals surface area contributed by atoms with E-state index in [1.807, 2.05) is 6.92 Å². The van der Waals surface area contributed by atoms with Gasteiger partial charge in [0, 0.05) is 18.8 Å². The zero-order valence-electron chi connectivity index (χ0n) is 9.46. The molecule has 1 aliphatic heterocycles. The third-order valence-corrected chi connectivity index (χ3v) is 3.35. The zero-order valence-corrected chi connectivity index (χ0v) is 9.46. The van der Waals surface area contributed by atoms with Crippen LogP contribution < -0.4 is 0 Å². The highest BCUT2D eigenvalue weighted by molar-refractivity contribution is 4.96. The third kappa shape index (κ3) is 2.34. The molecule has 86 valence electrons. The average molecular weight is 212 g/mol. The van der Waals surface area contributed by atoms with Crippen LogP contribution in [0.15, 0.2) is 12.3 Å². The summed E-state index contributed by atoms with van der Waals surface area (Å²) in [6.07, 6.45) is 4.09. The molecular weight excluding hydrogens is 192 g/mol. The van der Waals surface area contributed by atoms with E-state index < -0.39 is 0 Å². The van der Waals surface area contributed by atoms with Crippen LogP contribution in [-0.4, -0.2) is 25.6 Å². The largest absolute Gasteiger partial charge is 0.499 e. The molecule has 0 aromatic rings. The normalized spacial score (nSPS) is 25.7. The lowest BCUT2D eigenvalue weighted by atomic mass is 9.84. The first-order valence-corrected chi connectivity index (χ1v) is 5.85. The van der Waals surface area contributed by atoms with Gasteiger partial charge in [-0.25, -0.2) is 0 Å². The van der Waals surface area contributed by atoms with Crippen LogP contribution >= 0.6 is 0 Å². The Labute approximate surface area is 91.4 Å². The lowest BCUT2D eigenvalue weighted by molar-refractivity contribution is -0.182. The van der Waals surface area contributed by atoms with Gasteiger partial charge in [-0.2, -0.15) is 0 Å². The van der Waals surface area contributed by atoms with Crippen LogP contribution in [0.25, 0.3) is 0 Å². The summed E-state index contributed by atoms with van der Waals surface area (Å²) in [5, 5.41) is 0. The van der Waals surface area contributed by atoms with Gasteiger partial charge in [0.1, 0.15) is 0 Å². The predicted molar refractivity (Wildman–Crippen MR) is 57.4 cm³/mol. The van der Waals surface area contributed by atoms with Crippen molar-refractivity contribution >= 4 is 0 Å². The Hall–Kier alpha value is -0.540. The van der Waals surface area contributed by atoms with Crippen molar-refractivity contribution in [1.82, 2.24) is 0 Å². The van der Waals surface area contributed by atoms with Gasteiger partial charge in [0.25, 0.3) is 0 Å². The first-order chi connectivity index (χ1) is 7.26. The van der Waals surface area contributed by atoms with Gasteiger partial charge < -0.3 is 14.2 Å². The minimum atomic E-state index is -0.261. The van der Waals surface area contributed by atoms with Crippen molar-refractivity contribution in [3.8, 4) is 0 Å². The number of hydrogen-bond donors (Lipinski definition) is 0. The smallest absolute Gasteiger partial charge is 0.168 e. The molecule has 1 heterocycles. The Kier molecular flexibility index (Phi) is 3.32. The second-order valence-electron chi connectivity index (χ2n) is 4.28. The molecule has 0 aromatic heterocycles. The maximum absolute atomic E-state index is 5.68. The van der Waals surface area contributed by atoms with Crippen LogP contribution in [-0.2, 0) is 14.2 Å². The highest BCUT2D eigenvalue weighted by atomic mass is 16.7. The predicted octanol–water partition coefficient (Wildman–Crippen LogP) is 2.47. The number of allylic oxidation sites excluding steroid dienone is 1. The first kappa shape index (κ1) is 11.0. The lowest BCUT2D eigenvalue weighted by Crippen LogP contribution is -2.35. The minimum Gasteiger partial charge on any atom is -0.499 e. The van der Waals surface area contributed by atoms with Crippen LogP contribution in [0.5, 0.6) is 0 Å². The quantitative estimate of drug-likeness (QED) is 0.673. The van der Waals surface area contributed by atoms with Crippen molar-refractivity contribution in [3.05, 3.63) is 12.3 Å². The molecule has 2 fully saturated rings. The number of ether oxygens (including phenoxy) is 3. The number of rotatable bonds is 3. The fourth-order valence-electron chi connectivity index (χ4n) is 2.47. The molecule has 0 aromatic carbocycles. The van der Waals surface area contributed by atoms with Gasteiger partial charge in [-0.05, 0) is 19.8 Å². The molecule has 0 N–H and O–H groups in total. The van der Waals surface area contributed by atoms with Gasteiger partial charge >= 0.3 is 0 Å². The summed E-state index contributed by atoms with van der Waals surface area (Å²) in [6.45, 7) is 8.19. The standard InChI is InChI=1S/C12H20O3/c1-3-13-10(2)11-4-6-12(7-5-11)14-8-9-15-12/h11H,2-9H2,1H3. The van der Waals surface area contributed by atoms with Gasteiger partial charge in [0.15, 0.2) is 5.79 Å². The summed E-state index contributed by atoms with van der Waals surface area (Å²) >= 11 is 0. The maximum Gasteiger partial charge on any atom is 0.168 e. The Morgan fingerprint density at radius 3 is 2.47 bits per heavy atom. The van der Waals surface area contributed by atoms with Crippen molar-refractivity contribution in [2.45, 2.75) is 38.4 Å². The molecule has 1 aliphatic carbocycles. The van der Waals surface area contributed by atoms with Crippen molar-refractivity contribution in [2.24, 2.45) is 5.92 Å². The highest BCUT2D eigenvalue weighted by Crippen LogP contribution is 2.40. The van der Waals surface area contributed by atoms with Gasteiger partial charge in [-0.3, -0.25) is 0 Å². The molecule has 0 radical (unpaired) electrons. The van der Waals surface area contributed by atoms with Crippen molar-refractivity contribution in [1.29, 1.82) is 0 Å². The fraction of sp³-hybridized carbons (Fsp3) is 0.833. The van der Waals surface area contributed by atoms with E-state index in [1.54, 1.807) is 0 Å². The topological polar surface area (TPSA) is 27.7 Å². The molecule has 15 heavy (non-hydrogen) atoms. The van der Waals surface area contributed by atoms with E-state index >= 15 is 0 Å². The fourth-order valence-corrected chi connectivity index (χ4v) is 2.47. The summed E-state index contributed by atoms with van der Waals surface area (Å²) in [5.74, 6) is 1.16. The van der Waals surface area contributed by atoms with Crippen molar-refractivity contribution < 1.29 is 14.2 Å². The molecule has 1 saturated carbocycles. The summed E-state index contributed by atoms with van der Waals surface area (Å²) in [6, 6.07) is 0. The molecule has 0 unspecified atom stereocenters. The molecule has 0 atom stereocenters. The summed E-state index contributed by atoms with van der Waals surface area (Å²) in [7, 11) is 0. The highest BCUT2D eigenvalue weighted by Gasteiger charge is 2.40. The molecule has 2 aliphatic rings. The molecule has 1 spiro atoms. The van der Waals surface area contributed by atoms with E-state index in [1.165, 1.54) is 0 Å². The SMILES string of the molecule is C=C(OCC)C1CCC2(CC1)OCCO2. The van der Waals surface area contributed by atoms with Crippen LogP contribution in [0.2, 0.25) is 0 Å². The molecule has 3 heteroatoms. The Morgan fingerprint density at radius 2 is 1.93 bits per heavy atom. The van der Waals surface area contributed by atoms with Gasteiger partial charge in [0.05, 0.1) is 25.6 Å². The molecule has 3 nitrogen and oxygen atoms in total. The van der Waals surface area contributed by atoms with Crippen LogP contribution in [0.1, 0.15) is 32.6 Å². The van der Waals surface area contributed by atoms with Gasteiger partial charge in [0.2, 0.25) is 0 Å². The van der Waals surface area contributed by atoms with Crippen LogP contribution in [0.4, 0.5) is 0 Å². The molecule has 0 bridgehead atoms. The van der Waals surface area contributed by atoms with Gasteiger partial charge in [-0.15, -0.1) is 0 Å². The van der Waals surface area contributed by atoms with E-state index in [4.69, 9.17) is 14.2 Å². The molecular formula is C12H20O3. The van der Waals surface area contributed by atoms with E-state index in [0.29, 0.717) is 12.5 Å². The summed E-state index contributed by atoms with van der Waals surface area (Å²) < 4.78 is 16.8. The Balaban J connectivity index is 1.83.